The van der Waals surface area contributed by atoms with Gasteiger partial charge in [-0.25, -0.2) is 0 Å². The average molecular weight is 115 g/mol. The summed E-state index contributed by atoms with van der Waals surface area (Å²) in [6.45, 7) is 2.14. The van der Waals surface area contributed by atoms with E-state index < -0.39 is 0 Å². The van der Waals surface area contributed by atoms with Crippen LogP contribution in [0.1, 0.15) is 6.42 Å². The van der Waals surface area contributed by atoms with Crippen LogP contribution in [0.25, 0.3) is 0 Å². The molecule has 0 saturated carbocycles. The molecule has 48 valence electrons. The number of hydrogen-bond donors (Lipinski definition) is 0. The van der Waals surface area contributed by atoms with Gasteiger partial charge in [-0.05, 0) is 20.0 Å². The van der Waals surface area contributed by atoms with Gasteiger partial charge in [-0.2, -0.15) is 0 Å². The largest absolute Gasteiger partial charge is 0.383 e. The lowest BCUT2D eigenvalue weighted by atomic mass is 10.1. The van der Waals surface area contributed by atoms with E-state index in [0.717, 1.165) is 6.61 Å². The first-order chi connectivity index (χ1) is 3.84. The predicted molar refractivity (Wildman–Crippen MR) is 32.9 cm³/mol. The number of nitrogens with zero attached hydrogens (tertiary/aromatic N) is 1. The van der Waals surface area contributed by atoms with Crippen molar-refractivity contribution in [1.29, 1.82) is 0 Å². The van der Waals surface area contributed by atoms with E-state index in [1.54, 1.807) is 7.11 Å². The summed E-state index contributed by atoms with van der Waals surface area (Å²) in [5, 5.41) is 0. The molecule has 0 amide bonds. The second-order valence-electron chi connectivity index (χ2n) is 2.38. The summed E-state index contributed by atoms with van der Waals surface area (Å²) in [4.78, 5) is 2.31. The zero-order valence-electron chi connectivity index (χ0n) is 5.55. The molecular formula is C6H13NO. The Morgan fingerprint density at radius 2 is 2.50 bits per heavy atom. The fourth-order valence-corrected chi connectivity index (χ4v) is 0.973. The van der Waals surface area contributed by atoms with Crippen LogP contribution in [0.4, 0.5) is 0 Å². The second-order valence-corrected chi connectivity index (χ2v) is 2.38. The molecule has 8 heavy (non-hydrogen) atoms. The van der Waals surface area contributed by atoms with Crippen LogP contribution < -0.4 is 0 Å². The molecule has 0 bridgehead atoms. The van der Waals surface area contributed by atoms with Crippen LogP contribution in [-0.4, -0.2) is 38.3 Å². The molecule has 0 aliphatic carbocycles. The summed E-state index contributed by atoms with van der Waals surface area (Å²) in [6, 6.07) is 0.708. The molecule has 2 heteroatoms. The molecule has 1 heterocycles. The van der Waals surface area contributed by atoms with E-state index in [-0.39, 0.29) is 0 Å². The van der Waals surface area contributed by atoms with Gasteiger partial charge in [0.2, 0.25) is 0 Å². The molecule has 0 radical (unpaired) electrons. The number of likely N-dealkylation sites (N-methyl/N-ethyl adjacent to an activating group) is 1. The zero-order chi connectivity index (χ0) is 5.98. The van der Waals surface area contributed by atoms with Gasteiger partial charge in [-0.15, -0.1) is 0 Å². The Kier molecular flexibility index (Phi) is 1.86. The Balaban J connectivity index is 2.08. The Labute approximate surface area is 50.4 Å². The maximum Gasteiger partial charge on any atom is 0.0618 e. The van der Waals surface area contributed by atoms with E-state index in [2.05, 4.69) is 11.9 Å². The van der Waals surface area contributed by atoms with Crippen molar-refractivity contribution in [3.63, 3.8) is 0 Å². The van der Waals surface area contributed by atoms with Crippen LogP contribution in [0, 0.1) is 0 Å². The van der Waals surface area contributed by atoms with E-state index >= 15 is 0 Å². The molecule has 0 aromatic rings. The van der Waals surface area contributed by atoms with E-state index in [9.17, 15) is 0 Å². The maximum atomic E-state index is 4.97. The van der Waals surface area contributed by atoms with Gasteiger partial charge in [-0.1, -0.05) is 0 Å². The Hall–Kier alpha value is -0.0800. The van der Waals surface area contributed by atoms with Crippen molar-refractivity contribution in [1.82, 2.24) is 4.90 Å². The molecule has 2 nitrogen and oxygen atoms in total. The van der Waals surface area contributed by atoms with Crippen molar-refractivity contribution in [3.05, 3.63) is 0 Å². The zero-order valence-corrected chi connectivity index (χ0v) is 5.55. The highest BCUT2D eigenvalue weighted by atomic mass is 16.5. The summed E-state index contributed by atoms with van der Waals surface area (Å²) in [5.74, 6) is 0. The first kappa shape index (κ1) is 6.05. The monoisotopic (exact) mass is 115 g/mol. The molecule has 0 aromatic carbocycles. The molecule has 0 aromatic heterocycles. The van der Waals surface area contributed by atoms with Crippen molar-refractivity contribution < 1.29 is 4.74 Å². The van der Waals surface area contributed by atoms with Gasteiger partial charge in [0.25, 0.3) is 0 Å². The molecule has 1 aliphatic heterocycles. The van der Waals surface area contributed by atoms with Gasteiger partial charge in [-0.3, -0.25) is 0 Å². The SMILES string of the molecule is COC[C@@H]1CCN1C. The van der Waals surface area contributed by atoms with Crippen LogP contribution >= 0.6 is 0 Å². The van der Waals surface area contributed by atoms with Crippen molar-refractivity contribution in [2.24, 2.45) is 0 Å². The molecule has 1 fully saturated rings. The summed E-state index contributed by atoms with van der Waals surface area (Å²) in [5.41, 5.74) is 0. The highest BCUT2D eigenvalue weighted by molar-refractivity contribution is 4.78. The number of methoxy groups -OCH3 is 1. The maximum absolute atomic E-state index is 4.97. The minimum Gasteiger partial charge on any atom is -0.383 e. The summed E-state index contributed by atoms with van der Waals surface area (Å²) >= 11 is 0. The molecule has 1 atom stereocenters. The first-order valence-corrected chi connectivity index (χ1v) is 3.04. The van der Waals surface area contributed by atoms with Gasteiger partial charge in [0.05, 0.1) is 6.61 Å². The number of likely N-dealkylation sites (tertiary alicyclic amines) is 1. The Morgan fingerprint density at radius 3 is 2.62 bits per heavy atom. The third-order valence-corrected chi connectivity index (χ3v) is 1.80. The Morgan fingerprint density at radius 1 is 1.75 bits per heavy atom. The summed E-state index contributed by atoms with van der Waals surface area (Å²) in [7, 11) is 3.89. The van der Waals surface area contributed by atoms with Gasteiger partial charge in [0.15, 0.2) is 0 Å². The first-order valence-electron chi connectivity index (χ1n) is 3.04. The molecule has 1 saturated heterocycles. The van der Waals surface area contributed by atoms with Gasteiger partial charge >= 0.3 is 0 Å². The molecule has 0 spiro atoms. The van der Waals surface area contributed by atoms with Gasteiger partial charge in [0.1, 0.15) is 0 Å². The minimum absolute atomic E-state index is 0.708. The van der Waals surface area contributed by atoms with Crippen LogP contribution in [0.5, 0.6) is 0 Å². The lowest BCUT2D eigenvalue weighted by Gasteiger charge is -2.37. The topological polar surface area (TPSA) is 12.5 Å². The predicted octanol–water partition coefficient (Wildman–Crippen LogP) is 0.337. The smallest absolute Gasteiger partial charge is 0.0618 e. The van der Waals surface area contributed by atoms with E-state index in [1.165, 1.54) is 13.0 Å². The average Bonchev–Trinajstić information content (AvgIpc) is 1.79. The van der Waals surface area contributed by atoms with Crippen molar-refractivity contribution in [3.8, 4) is 0 Å². The second kappa shape index (κ2) is 2.46. The molecular weight excluding hydrogens is 102 g/mol. The van der Waals surface area contributed by atoms with Crippen LogP contribution in [-0.2, 0) is 4.74 Å². The number of ether oxygens (including phenoxy) is 1. The van der Waals surface area contributed by atoms with Crippen LogP contribution in [0.15, 0.2) is 0 Å². The normalized spacial score (nSPS) is 30.0. The fourth-order valence-electron chi connectivity index (χ4n) is 0.973. The summed E-state index contributed by atoms with van der Waals surface area (Å²) < 4.78 is 4.97. The highest BCUT2D eigenvalue weighted by Gasteiger charge is 2.22. The van der Waals surface area contributed by atoms with Crippen molar-refractivity contribution in [2.75, 3.05) is 27.3 Å². The molecule has 1 aliphatic rings. The van der Waals surface area contributed by atoms with E-state index in [0.29, 0.717) is 6.04 Å². The van der Waals surface area contributed by atoms with Crippen LogP contribution in [0.2, 0.25) is 0 Å². The third-order valence-electron chi connectivity index (χ3n) is 1.80. The quantitative estimate of drug-likeness (QED) is 0.514. The van der Waals surface area contributed by atoms with E-state index in [4.69, 9.17) is 4.74 Å². The van der Waals surface area contributed by atoms with Crippen molar-refractivity contribution in [2.45, 2.75) is 12.5 Å². The lowest BCUT2D eigenvalue weighted by Crippen LogP contribution is -2.47. The van der Waals surface area contributed by atoms with Crippen molar-refractivity contribution >= 4 is 0 Å². The van der Waals surface area contributed by atoms with Gasteiger partial charge < -0.3 is 9.64 Å². The summed E-state index contributed by atoms with van der Waals surface area (Å²) in [6.07, 6.45) is 1.31. The third kappa shape index (κ3) is 1.01. The van der Waals surface area contributed by atoms with E-state index in [1.807, 2.05) is 0 Å². The molecule has 1 rings (SSSR count). The number of hydrogen-bond acceptors (Lipinski definition) is 2. The lowest BCUT2D eigenvalue weighted by molar-refractivity contribution is 0.0439. The molecule has 0 N–H and O–H groups in total. The highest BCUT2D eigenvalue weighted by Crippen LogP contribution is 2.13. The fraction of sp³-hybridized carbons (Fsp3) is 1.00. The van der Waals surface area contributed by atoms with Crippen LogP contribution in [0.3, 0.4) is 0 Å². The molecule has 0 unspecified atom stereocenters. The minimum atomic E-state index is 0.708. The standard InChI is InChI=1S/C6H13NO/c1-7-4-3-6(7)5-8-2/h6H,3-5H2,1-2H3/t6-/m0/s1. The number of rotatable bonds is 2. The van der Waals surface area contributed by atoms with Gasteiger partial charge in [0, 0.05) is 13.2 Å². The Bertz CT molecular complexity index is 74.9.